The minimum atomic E-state index is -0.898. The van der Waals surface area contributed by atoms with Crippen LogP contribution in [-0.2, 0) is 0 Å². The fourth-order valence-corrected chi connectivity index (χ4v) is 1.09. The quantitative estimate of drug-likeness (QED) is 0.615. The summed E-state index contributed by atoms with van der Waals surface area (Å²) in [4.78, 5) is 0. The highest BCUT2D eigenvalue weighted by Gasteiger charge is 2.11. The number of rotatable bonds is 1. The number of nitriles is 1. The van der Waals surface area contributed by atoms with E-state index in [9.17, 15) is 4.39 Å². The molecular formula is C9H7ClFN. The lowest BCUT2D eigenvalue weighted by atomic mass is 10.1. The molecular weight excluding hydrogens is 177 g/mol. The van der Waals surface area contributed by atoms with E-state index >= 15 is 0 Å². The topological polar surface area (TPSA) is 23.8 Å². The van der Waals surface area contributed by atoms with Gasteiger partial charge in [0.15, 0.2) is 0 Å². The minimum Gasteiger partial charge on any atom is -0.207 e. The molecule has 1 unspecified atom stereocenters. The molecule has 0 N–H and O–H groups in total. The average molecular weight is 184 g/mol. The highest BCUT2D eigenvalue weighted by atomic mass is 35.5. The summed E-state index contributed by atoms with van der Waals surface area (Å²) in [6, 6.07) is 6.31. The smallest absolute Gasteiger partial charge is 0.148 e. The first-order valence-electron chi connectivity index (χ1n) is 3.45. The van der Waals surface area contributed by atoms with Crippen molar-refractivity contribution in [1.29, 1.82) is 5.26 Å². The van der Waals surface area contributed by atoms with Crippen molar-refractivity contribution in [3.05, 3.63) is 35.1 Å². The molecule has 0 saturated carbocycles. The van der Waals surface area contributed by atoms with Crippen LogP contribution in [0.3, 0.4) is 0 Å². The van der Waals surface area contributed by atoms with Gasteiger partial charge >= 0.3 is 0 Å². The fourth-order valence-electron chi connectivity index (χ4n) is 0.927. The van der Waals surface area contributed by atoms with Gasteiger partial charge in [-0.15, -0.1) is 11.6 Å². The Morgan fingerprint density at radius 3 is 2.83 bits per heavy atom. The van der Waals surface area contributed by atoms with Crippen LogP contribution in [0.5, 0.6) is 0 Å². The van der Waals surface area contributed by atoms with Crippen molar-refractivity contribution in [3.8, 4) is 6.07 Å². The number of nitrogens with zero attached hydrogens (tertiary/aromatic N) is 1. The van der Waals surface area contributed by atoms with Gasteiger partial charge in [-0.05, 0) is 13.0 Å². The number of alkyl halides is 1. The van der Waals surface area contributed by atoms with Crippen molar-refractivity contribution in [1.82, 2.24) is 0 Å². The molecule has 0 fully saturated rings. The summed E-state index contributed by atoms with van der Waals surface area (Å²) in [5.41, 5.74) is 1.14. The van der Waals surface area contributed by atoms with E-state index in [4.69, 9.17) is 16.9 Å². The van der Waals surface area contributed by atoms with Gasteiger partial charge in [0.2, 0.25) is 0 Å². The minimum absolute atomic E-state index is 0.249. The highest BCUT2D eigenvalue weighted by molar-refractivity contribution is 6.22. The summed E-state index contributed by atoms with van der Waals surface area (Å²) >= 11 is 5.57. The van der Waals surface area contributed by atoms with Crippen LogP contribution in [0.2, 0.25) is 0 Å². The predicted molar refractivity (Wildman–Crippen MR) is 45.3 cm³/mol. The Morgan fingerprint density at radius 1 is 1.58 bits per heavy atom. The maximum Gasteiger partial charge on any atom is 0.148 e. The van der Waals surface area contributed by atoms with Crippen LogP contribution < -0.4 is 0 Å². The maximum atomic E-state index is 13.0. The second-order valence-electron chi connectivity index (χ2n) is 2.52. The van der Waals surface area contributed by atoms with Crippen molar-refractivity contribution in [2.45, 2.75) is 12.3 Å². The Morgan fingerprint density at radius 2 is 2.25 bits per heavy atom. The SMILES string of the molecule is Cc1ccc(F)c(C(Cl)C#N)c1. The monoisotopic (exact) mass is 183 g/mol. The normalized spacial score (nSPS) is 12.2. The largest absolute Gasteiger partial charge is 0.207 e. The van der Waals surface area contributed by atoms with Crippen LogP contribution in [0.1, 0.15) is 16.5 Å². The molecule has 1 atom stereocenters. The molecule has 1 aromatic rings. The summed E-state index contributed by atoms with van der Waals surface area (Å²) in [6.07, 6.45) is 0. The van der Waals surface area contributed by atoms with Gasteiger partial charge in [0, 0.05) is 5.56 Å². The van der Waals surface area contributed by atoms with Gasteiger partial charge in [-0.3, -0.25) is 0 Å². The molecule has 0 radical (unpaired) electrons. The molecule has 1 aromatic carbocycles. The maximum absolute atomic E-state index is 13.0. The molecule has 0 heterocycles. The van der Waals surface area contributed by atoms with Crippen LogP contribution in [-0.4, -0.2) is 0 Å². The van der Waals surface area contributed by atoms with Gasteiger partial charge in [-0.1, -0.05) is 17.7 Å². The Labute approximate surface area is 75.4 Å². The third-order valence-corrected chi connectivity index (χ3v) is 1.87. The van der Waals surface area contributed by atoms with E-state index < -0.39 is 11.2 Å². The van der Waals surface area contributed by atoms with Crippen LogP contribution in [0.25, 0.3) is 0 Å². The third-order valence-electron chi connectivity index (χ3n) is 1.54. The van der Waals surface area contributed by atoms with Crippen molar-refractivity contribution in [2.75, 3.05) is 0 Å². The summed E-state index contributed by atoms with van der Waals surface area (Å²) < 4.78 is 13.0. The van der Waals surface area contributed by atoms with Gasteiger partial charge in [0.25, 0.3) is 0 Å². The molecule has 0 amide bonds. The molecule has 62 valence electrons. The molecule has 0 saturated heterocycles. The Bertz CT molecular complexity index is 330. The molecule has 0 aliphatic rings. The third kappa shape index (κ3) is 1.75. The number of aryl methyl sites for hydroxylation is 1. The number of halogens is 2. The fraction of sp³-hybridized carbons (Fsp3) is 0.222. The lowest BCUT2D eigenvalue weighted by molar-refractivity contribution is 0.613. The average Bonchev–Trinajstić information content (AvgIpc) is 2.08. The van der Waals surface area contributed by atoms with E-state index in [0.717, 1.165) is 5.56 Å². The second-order valence-corrected chi connectivity index (χ2v) is 2.95. The molecule has 1 rings (SSSR count). The standard InChI is InChI=1S/C9H7ClFN/c1-6-2-3-9(11)7(4-6)8(10)5-12/h2-4,8H,1H3. The lowest BCUT2D eigenvalue weighted by Gasteiger charge is -2.03. The molecule has 0 aliphatic heterocycles. The Hall–Kier alpha value is -1.07. The number of benzene rings is 1. The van der Waals surface area contributed by atoms with Crippen molar-refractivity contribution in [3.63, 3.8) is 0 Å². The Kier molecular flexibility index (Phi) is 2.67. The van der Waals surface area contributed by atoms with Crippen LogP contribution >= 0.6 is 11.6 Å². The van der Waals surface area contributed by atoms with Crippen molar-refractivity contribution < 1.29 is 4.39 Å². The molecule has 3 heteroatoms. The first-order valence-corrected chi connectivity index (χ1v) is 3.88. The van der Waals surface area contributed by atoms with Crippen LogP contribution in [0.15, 0.2) is 18.2 Å². The van der Waals surface area contributed by atoms with Crippen molar-refractivity contribution >= 4 is 11.6 Å². The molecule has 0 bridgehead atoms. The molecule has 1 nitrogen and oxygen atoms in total. The molecule has 0 aromatic heterocycles. The second kappa shape index (κ2) is 3.55. The Balaban J connectivity index is 3.15. The molecule has 0 spiro atoms. The van der Waals surface area contributed by atoms with E-state index in [2.05, 4.69) is 0 Å². The van der Waals surface area contributed by atoms with Crippen LogP contribution in [0.4, 0.5) is 4.39 Å². The van der Waals surface area contributed by atoms with E-state index in [0.29, 0.717) is 0 Å². The van der Waals surface area contributed by atoms with E-state index in [1.807, 2.05) is 6.92 Å². The van der Waals surface area contributed by atoms with E-state index in [-0.39, 0.29) is 5.56 Å². The summed E-state index contributed by atoms with van der Waals surface area (Å²) in [5.74, 6) is -0.429. The van der Waals surface area contributed by atoms with Crippen molar-refractivity contribution in [2.24, 2.45) is 0 Å². The summed E-state index contributed by atoms with van der Waals surface area (Å²) in [6.45, 7) is 1.82. The van der Waals surface area contributed by atoms with Crippen LogP contribution in [0, 0.1) is 24.1 Å². The zero-order valence-electron chi connectivity index (χ0n) is 6.51. The zero-order valence-corrected chi connectivity index (χ0v) is 7.27. The number of hydrogen-bond acceptors (Lipinski definition) is 1. The van der Waals surface area contributed by atoms with E-state index in [1.54, 1.807) is 18.2 Å². The lowest BCUT2D eigenvalue weighted by Crippen LogP contribution is -1.92. The van der Waals surface area contributed by atoms with Gasteiger partial charge in [-0.2, -0.15) is 5.26 Å². The van der Waals surface area contributed by atoms with E-state index in [1.165, 1.54) is 6.07 Å². The van der Waals surface area contributed by atoms with Gasteiger partial charge in [-0.25, -0.2) is 4.39 Å². The molecule has 12 heavy (non-hydrogen) atoms. The first kappa shape index (κ1) is 9.02. The highest BCUT2D eigenvalue weighted by Crippen LogP contribution is 2.23. The first-order chi connectivity index (χ1) is 5.65. The van der Waals surface area contributed by atoms with Gasteiger partial charge in [0.1, 0.15) is 11.2 Å². The summed E-state index contributed by atoms with van der Waals surface area (Å²) in [5, 5.41) is 7.56. The number of hydrogen-bond donors (Lipinski definition) is 0. The van der Waals surface area contributed by atoms with Gasteiger partial charge < -0.3 is 0 Å². The summed E-state index contributed by atoms with van der Waals surface area (Å²) in [7, 11) is 0. The van der Waals surface area contributed by atoms with Gasteiger partial charge in [0.05, 0.1) is 6.07 Å². The zero-order chi connectivity index (χ0) is 9.14. The predicted octanol–water partition coefficient (Wildman–Crippen LogP) is 2.94. The molecule has 0 aliphatic carbocycles.